The van der Waals surface area contributed by atoms with Gasteiger partial charge in [0.2, 0.25) is 0 Å². The van der Waals surface area contributed by atoms with E-state index in [1.807, 2.05) is 18.2 Å². The predicted molar refractivity (Wildman–Crippen MR) is 100 cm³/mol. The van der Waals surface area contributed by atoms with Crippen LogP contribution in [0.2, 0.25) is 10.0 Å². The molecule has 1 unspecified atom stereocenters. The molecule has 0 bridgehead atoms. The van der Waals surface area contributed by atoms with Crippen LogP contribution in [0.3, 0.4) is 0 Å². The summed E-state index contributed by atoms with van der Waals surface area (Å²) in [7, 11) is 0. The summed E-state index contributed by atoms with van der Waals surface area (Å²) in [6.07, 6.45) is 1.93. The average molecular weight is 434 g/mol. The van der Waals surface area contributed by atoms with Crippen molar-refractivity contribution < 1.29 is 0 Å². The van der Waals surface area contributed by atoms with Crippen LogP contribution in [0.25, 0.3) is 0 Å². The van der Waals surface area contributed by atoms with Gasteiger partial charge in [0, 0.05) is 19.7 Å². The lowest BCUT2D eigenvalue weighted by molar-refractivity contribution is 0.527. The summed E-state index contributed by atoms with van der Waals surface area (Å²) < 4.78 is 1.27. The molecule has 0 aromatic heterocycles. The Hall–Kier alpha value is -0.290. The molecule has 2 aromatic carbocycles. The van der Waals surface area contributed by atoms with E-state index in [0.29, 0.717) is 0 Å². The Balaban J connectivity index is 2.28. The molecular weight excluding hydrogens is 416 g/mol. The van der Waals surface area contributed by atoms with Gasteiger partial charge in [0.05, 0.1) is 0 Å². The van der Waals surface area contributed by atoms with E-state index < -0.39 is 0 Å². The maximum Gasteiger partial charge on any atom is 0.0439 e. The molecule has 21 heavy (non-hydrogen) atoms. The molecule has 0 spiro atoms. The molecule has 1 atom stereocenters. The second kappa shape index (κ2) is 8.37. The van der Waals surface area contributed by atoms with Crippen LogP contribution in [-0.2, 0) is 6.42 Å². The van der Waals surface area contributed by atoms with E-state index in [9.17, 15) is 0 Å². The summed E-state index contributed by atoms with van der Waals surface area (Å²) in [5.74, 6) is 0. The summed E-state index contributed by atoms with van der Waals surface area (Å²) in [6, 6.07) is 14.4. The molecule has 0 amide bonds. The topological polar surface area (TPSA) is 12.0 Å². The van der Waals surface area contributed by atoms with E-state index in [1.165, 1.54) is 9.13 Å². The molecule has 0 aliphatic heterocycles. The number of hydrogen-bond donors (Lipinski definition) is 1. The molecule has 112 valence electrons. The Morgan fingerprint density at radius 3 is 2.62 bits per heavy atom. The van der Waals surface area contributed by atoms with Crippen molar-refractivity contribution >= 4 is 45.8 Å². The van der Waals surface area contributed by atoms with Gasteiger partial charge in [-0.1, -0.05) is 48.3 Å². The van der Waals surface area contributed by atoms with Crippen molar-refractivity contribution in [3.63, 3.8) is 0 Å². The molecule has 0 aliphatic carbocycles. The quantitative estimate of drug-likeness (QED) is 0.560. The lowest BCUT2D eigenvalue weighted by atomic mass is 9.98. The fourth-order valence-electron chi connectivity index (χ4n) is 2.29. The van der Waals surface area contributed by atoms with Crippen LogP contribution < -0.4 is 5.32 Å². The first-order valence-corrected chi connectivity index (χ1v) is 8.87. The highest BCUT2D eigenvalue weighted by Gasteiger charge is 2.16. The van der Waals surface area contributed by atoms with Crippen molar-refractivity contribution in [1.29, 1.82) is 0 Å². The van der Waals surface area contributed by atoms with Crippen LogP contribution in [0.4, 0.5) is 0 Å². The zero-order valence-electron chi connectivity index (χ0n) is 11.9. The molecule has 2 aromatic rings. The molecule has 4 heteroatoms. The molecule has 0 saturated heterocycles. The highest BCUT2D eigenvalue weighted by atomic mass is 127. The van der Waals surface area contributed by atoms with Crippen molar-refractivity contribution in [1.82, 2.24) is 5.32 Å². The van der Waals surface area contributed by atoms with Gasteiger partial charge in [0.15, 0.2) is 0 Å². The van der Waals surface area contributed by atoms with Crippen LogP contribution in [0.5, 0.6) is 0 Å². The minimum Gasteiger partial charge on any atom is -0.310 e. The minimum atomic E-state index is 0.244. The van der Waals surface area contributed by atoms with Crippen molar-refractivity contribution in [2.45, 2.75) is 25.8 Å². The monoisotopic (exact) mass is 433 g/mol. The largest absolute Gasteiger partial charge is 0.310 e. The summed E-state index contributed by atoms with van der Waals surface area (Å²) in [5.41, 5.74) is 2.39. The Morgan fingerprint density at radius 1 is 1.14 bits per heavy atom. The van der Waals surface area contributed by atoms with Crippen LogP contribution in [0.1, 0.15) is 30.5 Å². The van der Waals surface area contributed by atoms with Crippen LogP contribution in [0, 0.1) is 3.57 Å². The molecule has 0 saturated carbocycles. The molecule has 1 nitrogen and oxygen atoms in total. The smallest absolute Gasteiger partial charge is 0.0439 e. The van der Waals surface area contributed by atoms with Gasteiger partial charge in [-0.3, -0.25) is 0 Å². The zero-order chi connectivity index (χ0) is 15.2. The molecular formula is C17H18Cl2IN. The number of halogens is 3. The zero-order valence-corrected chi connectivity index (χ0v) is 15.5. The van der Waals surface area contributed by atoms with Crippen LogP contribution in [0.15, 0.2) is 42.5 Å². The van der Waals surface area contributed by atoms with E-state index in [-0.39, 0.29) is 6.04 Å². The second-order valence-corrected chi connectivity index (χ2v) is 6.97. The van der Waals surface area contributed by atoms with Gasteiger partial charge in [0.25, 0.3) is 0 Å². The van der Waals surface area contributed by atoms with Crippen molar-refractivity contribution in [2.75, 3.05) is 6.54 Å². The Morgan fingerprint density at radius 2 is 1.90 bits per heavy atom. The third kappa shape index (κ3) is 4.85. The second-order valence-electron chi connectivity index (χ2n) is 4.97. The van der Waals surface area contributed by atoms with E-state index in [4.69, 9.17) is 23.2 Å². The van der Waals surface area contributed by atoms with E-state index in [1.54, 1.807) is 0 Å². The standard InChI is InChI=1S/C17H18Cl2IN/c1-2-9-21-17(14-5-3-4-6-16(14)20)11-12-10-13(18)7-8-15(12)19/h3-8,10,17,21H,2,9,11H2,1H3. The van der Waals surface area contributed by atoms with Crippen molar-refractivity contribution in [3.8, 4) is 0 Å². The number of hydrogen-bond acceptors (Lipinski definition) is 1. The summed E-state index contributed by atoms with van der Waals surface area (Å²) in [4.78, 5) is 0. The molecule has 2 rings (SSSR count). The molecule has 0 heterocycles. The van der Waals surface area contributed by atoms with Gasteiger partial charge in [-0.15, -0.1) is 0 Å². The Labute approximate surface area is 150 Å². The number of rotatable bonds is 6. The molecule has 0 radical (unpaired) electrons. The SMILES string of the molecule is CCCNC(Cc1cc(Cl)ccc1Cl)c1ccccc1I. The average Bonchev–Trinajstić information content (AvgIpc) is 2.48. The number of benzene rings is 2. The Bertz CT molecular complexity index is 601. The van der Waals surface area contributed by atoms with Crippen molar-refractivity contribution in [3.05, 3.63) is 67.2 Å². The van der Waals surface area contributed by atoms with Crippen LogP contribution >= 0.6 is 45.8 Å². The van der Waals surface area contributed by atoms with E-state index in [0.717, 1.165) is 35.0 Å². The third-order valence-electron chi connectivity index (χ3n) is 3.35. The third-order valence-corrected chi connectivity index (χ3v) is 4.94. The summed E-state index contributed by atoms with van der Waals surface area (Å²) in [5, 5.41) is 5.12. The first-order valence-electron chi connectivity index (χ1n) is 7.03. The lowest BCUT2D eigenvalue weighted by Gasteiger charge is -2.21. The van der Waals surface area contributed by atoms with Gasteiger partial charge in [0.1, 0.15) is 0 Å². The summed E-state index contributed by atoms with van der Waals surface area (Å²) in [6.45, 7) is 3.15. The maximum absolute atomic E-state index is 6.31. The molecule has 0 aliphatic rings. The van der Waals surface area contributed by atoms with Gasteiger partial charge in [-0.05, 0) is 77.4 Å². The van der Waals surface area contributed by atoms with E-state index >= 15 is 0 Å². The normalized spacial score (nSPS) is 12.4. The molecule has 0 fully saturated rings. The molecule has 1 N–H and O–H groups in total. The minimum absolute atomic E-state index is 0.244. The predicted octanol–water partition coefficient (Wildman–Crippen LogP) is 5.88. The summed E-state index contributed by atoms with van der Waals surface area (Å²) >= 11 is 14.8. The van der Waals surface area contributed by atoms with Gasteiger partial charge < -0.3 is 5.32 Å². The van der Waals surface area contributed by atoms with Crippen LogP contribution in [-0.4, -0.2) is 6.54 Å². The van der Waals surface area contributed by atoms with Gasteiger partial charge in [-0.25, -0.2) is 0 Å². The lowest BCUT2D eigenvalue weighted by Crippen LogP contribution is -2.25. The fraction of sp³-hybridized carbons (Fsp3) is 0.294. The highest BCUT2D eigenvalue weighted by molar-refractivity contribution is 14.1. The van der Waals surface area contributed by atoms with Gasteiger partial charge in [-0.2, -0.15) is 0 Å². The van der Waals surface area contributed by atoms with Crippen molar-refractivity contribution in [2.24, 2.45) is 0 Å². The first-order chi connectivity index (χ1) is 10.1. The fourth-order valence-corrected chi connectivity index (χ4v) is 3.44. The maximum atomic E-state index is 6.31. The van der Waals surface area contributed by atoms with Gasteiger partial charge >= 0.3 is 0 Å². The first kappa shape index (κ1) is 17.1. The number of nitrogens with one attached hydrogen (secondary N) is 1. The Kier molecular flexibility index (Phi) is 6.80. The highest BCUT2D eigenvalue weighted by Crippen LogP contribution is 2.28. The van der Waals surface area contributed by atoms with E-state index in [2.05, 4.69) is 59.1 Å².